The second kappa shape index (κ2) is 12.7. The summed E-state index contributed by atoms with van der Waals surface area (Å²) in [4.78, 5) is 8.81. The molecule has 0 aliphatic heterocycles. The standard InChI is InChI=1S/C16H12N2.2C13H10/c1-2-8-14(16-10-4-6-12-18-16)13(7-1)15-9-3-5-11-17-15;2*1-3-7-12-10(5-1)9-11-6-2-4-8-13(11)12/h1-12H;2*1-8H,9H2. The maximum absolute atomic E-state index is 4.41. The Balaban J connectivity index is 0.000000109. The minimum Gasteiger partial charge on any atom is -0.256 e. The molecule has 0 spiro atoms. The van der Waals surface area contributed by atoms with Crippen molar-refractivity contribution in [2.75, 3.05) is 0 Å². The van der Waals surface area contributed by atoms with E-state index in [-0.39, 0.29) is 0 Å². The van der Waals surface area contributed by atoms with Crippen LogP contribution in [0.5, 0.6) is 0 Å². The first-order valence-electron chi connectivity index (χ1n) is 15.1. The molecule has 7 aromatic rings. The number of nitrogens with zero attached hydrogens (tertiary/aromatic N) is 2. The normalized spacial score (nSPS) is 11.5. The van der Waals surface area contributed by atoms with Gasteiger partial charge in [-0.2, -0.15) is 0 Å². The topological polar surface area (TPSA) is 25.8 Å². The lowest BCUT2D eigenvalue weighted by Gasteiger charge is -2.07. The van der Waals surface area contributed by atoms with Crippen LogP contribution >= 0.6 is 0 Å². The Kier molecular flexibility index (Phi) is 7.88. The molecule has 0 atom stereocenters. The molecule has 2 heterocycles. The van der Waals surface area contributed by atoms with Crippen molar-refractivity contribution in [3.63, 3.8) is 0 Å². The van der Waals surface area contributed by atoms with E-state index in [0.717, 1.165) is 35.4 Å². The Morgan fingerprint density at radius 3 is 0.841 bits per heavy atom. The van der Waals surface area contributed by atoms with Crippen LogP contribution in [-0.2, 0) is 12.8 Å². The fourth-order valence-electron chi connectivity index (χ4n) is 6.13. The monoisotopic (exact) mass is 564 g/mol. The van der Waals surface area contributed by atoms with Gasteiger partial charge in [0.05, 0.1) is 11.4 Å². The van der Waals surface area contributed by atoms with E-state index in [1.807, 2.05) is 60.9 Å². The van der Waals surface area contributed by atoms with Crippen molar-refractivity contribution in [3.8, 4) is 44.8 Å². The number of hydrogen-bond acceptors (Lipinski definition) is 2. The fraction of sp³-hybridized carbons (Fsp3) is 0.0476. The van der Waals surface area contributed by atoms with Crippen molar-refractivity contribution in [2.45, 2.75) is 12.8 Å². The number of aromatic nitrogens is 2. The smallest absolute Gasteiger partial charge is 0.0708 e. The van der Waals surface area contributed by atoms with E-state index in [9.17, 15) is 0 Å². The summed E-state index contributed by atoms with van der Waals surface area (Å²) in [5, 5.41) is 0. The molecule has 0 saturated carbocycles. The summed E-state index contributed by atoms with van der Waals surface area (Å²) in [6, 6.07) is 54.7. The lowest BCUT2D eigenvalue weighted by molar-refractivity contribution is 1.26. The Bertz CT molecular complexity index is 1780. The predicted molar refractivity (Wildman–Crippen MR) is 182 cm³/mol. The lowest BCUT2D eigenvalue weighted by atomic mass is 10.0. The molecule has 2 aliphatic carbocycles. The predicted octanol–water partition coefficient (Wildman–Crippen LogP) is 10.3. The second-order valence-electron chi connectivity index (χ2n) is 11.0. The molecule has 9 rings (SSSR count). The van der Waals surface area contributed by atoms with E-state index in [4.69, 9.17) is 0 Å². The highest BCUT2D eigenvalue weighted by atomic mass is 14.7. The van der Waals surface area contributed by atoms with Crippen molar-refractivity contribution in [1.82, 2.24) is 9.97 Å². The van der Waals surface area contributed by atoms with Gasteiger partial charge in [0.15, 0.2) is 0 Å². The zero-order valence-corrected chi connectivity index (χ0v) is 24.5. The van der Waals surface area contributed by atoms with Crippen LogP contribution in [-0.4, -0.2) is 9.97 Å². The Morgan fingerprint density at radius 2 is 0.545 bits per heavy atom. The number of rotatable bonds is 2. The molecule has 0 radical (unpaired) electrons. The lowest BCUT2D eigenvalue weighted by Crippen LogP contribution is -1.88. The largest absolute Gasteiger partial charge is 0.256 e. The van der Waals surface area contributed by atoms with E-state index < -0.39 is 0 Å². The van der Waals surface area contributed by atoms with Gasteiger partial charge >= 0.3 is 0 Å². The Morgan fingerprint density at radius 1 is 0.273 bits per heavy atom. The van der Waals surface area contributed by atoms with Crippen LogP contribution in [0.15, 0.2) is 170 Å². The quantitative estimate of drug-likeness (QED) is 0.209. The van der Waals surface area contributed by atoms with Gasteiger partial charge in [-0.15, -0.1) is 0 Å². The van der Waals surface area contributed by atoms with E-state index in [1.165, 1.54) is 44.5 Å². The molecule has 2 aliphatic rings. The molecule has 0 N–H and O–H groups in total. The minimum absolute atomic E-state index is 0.971. The van der Waals surface area contributed by atoms with Gasteiger partial charge in [-0.3, -0.25) is 9.97 Å². The third kappa shape index (κ3) is 5.71. The molecule has 2 aromatic heterocycles. The zero-order valence-electron chi connectivity index (χ0n) is 24.5. The molecule has 0 fully saturated rings. The molecule has 0 bridgehead atoms. The van der Waals surface area contributed by atoms with Crippen LogP contribution < -0.4 is 0 Å². The van der Waals surface area contributed by atoms with Gasteiger partial charge in [-0.25, -0.2) is 0 Å². The highest BCUT2D eigenvalue weighted by Gasteiger charge is 2.17. The zero-order chi connectivity index (χ0) is 29.6. The molecule has 0 unspecified atom stereocenters. The summed E-state index contributed by atoms with van der Waals surface area (Å²) in [5.74, 6) is 0. The molecule has 0 saturated heterocycles. The second-order valence-corrected chi connectivity index (χ2v) is 11.0. The van der Waals surface area contributed by atoms with Gasteiger partial charge in [0, 0.05) is 23.5 Å². The first-order chi connectivity index (χ1) is 21.8. The van der Waals surface area contributed by atoms with Crippen LogP contribution in [0.2, 0.25) is 0 Å². The Labute approximate surface area is 259 Å². The first kappa shape index (κ1) is 27.2. The van der Waals surface area contributed by atoms with Gasteiger partial charge in [-0.05, 0) is 81.6 Å². The molecule has 210 valence electrons. The SMILES string of the molecule is c1ccc(-c2ccccc2-c2ccccn2)nc1.c1ccc2c(c1)Cc1ccccc1-2.c1ccc2c(c1)Cc1ccccc1-2. The third-order valence-corrected chi connectivity index (χ3v) is 8.22. The van der Waals surface area contributed by atoms with E-state index in [0.29, 0.717) is 0 Å². The first-order valence-corrected chi connectivity index (χ1v) is 15.1. The van der Waals surface area contributed by atoms with Crippen LogP contribution in [0, 0.1) is 0 Å². The summed E-state index contributed by atoms with van der Waals surface area (Å²) in [6.07, 6.45) is 5.83. The highest BCUT2D eigenvalue weighted by Crippen LogP contribution is 2.36. The van der Waals surface area contributed by atoms with E-state index >= 15 is 0 Å². The summed E-state index contributed by atoms with van der Waals surface area (Å²) in [5.41, 5.74) is 15.7. The van der Waals surface area contributed by atoms with Crippen molar-refractivity contribution in [1.29, 1.82) is 0 Å². The van der Waals surface area contributed by atoms with Gasteiger partial charge in [-0.1, -0.05) is 133 Å². The summed E-state index contributed by atoms with van der Waals surface area (Å²) in [6.45, 7) is 0. The number of hydrogen-bond donors (Lipinski definition) is 0. The molecule has 5 aromatic carbocycles. The summed E-state index contributed by atoms with van der Waals surface area (Å²) < 4.78 is 0. The van der Waals surface area contributed by atoms with E-state index in [1.54, 1.807) is 0 Å². The molecular formula is C42H32N2. The molecular weight excluding hydrogens is 532 g/mol. The molecule has 44 heavy (non-hydrogen) atoms. The minimum atomic E-state index is 0.971. The van der Waals surface area contributed by atoms with Crippen molar-refractivity contribution in [3.05, 3.63) is 192 Å². The average molecular weight is 565 g/mol. The van der Waals surface area contributed by atoms with Crippen LogP contribution in [0.3, 0.4) is 0 Å². The molecule has 0 amide bonds. The Hall–Kier alpha value is -5.60. The van der Waals surface area contributed by atoms with Crippen molar-refractivity contribution >= 4 is 0 Å². The maximum atomic E-state index is 4.41. The number of pyridine rings is 2. The van der Waals surface area contributed by atoms with Gasteiger partial charge in [0.1, 0.15) is 0 Å². The highest BCUT2D eigenvalue weighted by molar-refractivity contribution is 5.80. The fourth-order valence-corrected chi connectivity index (χ4v) is 6.13. The summed E-state index contributed by atoms with van der Waals surface area (Å²) >= 11 is 0. The molecule has 2 heteroatoms. The van der Waals surface area contributed by atoms with Gasteiger partial charge in [0.25, 0.3) is 0 Å². The molecule has 2 nitrogen and oxygen atoms in total. The van der Waals surface area contributed by atoms with Gasteiger partial charge < -0.3 is 0 Å². The third-order valence-electron chi connectivity index (χ3n) is 8.22. The van der Waals surface area contributed by atoms with Gasteiger partial charge in [0.2, 0.25) is 0 Å². The summed E-state index contributed by atoms with van der Waals surface area (Å²) in [7, 11) is 0. The van der Waals surface area contributed by atoms with Crippen LogP contribution in [0.1, 0.15) is 22.3 Å². The van der Waals surface area contributed by atoms with E-state index in [2.05, 4.69) is 119 Å². The number of fused-ring (bicyclic) bond motifs is 6. The van der Waals surface area contributed by atoms with Crippen molar-refractivity contribution < 1.29 is 0 Å². The van der Waals surface area contributed by atoms with Crippen LogP contribution in [0.4, 0.5) is 0 Å². The maximum Gasteiger partial charge on any atom is 0.0708 e. The number of benzene rings is 5. The van der Waals surface area contributed by atoms with Crippen molar-refractivity contribution in [2.24, 2.45) is 0 Å². The average Bonchev–Trinajstić information content (AvgIpc) is 3.68. The van der Waals surface area contributed by atoms with Crippen LogP contribution in [0.25, 0.3) is 44.8 Å².